The Labute approximate surface area is 123 Å². The number of amides is 1. The highest BCUT2D eigenvalue weighted by Gasteiger charge is 2.39. The fourth-order valence-corrected chi connectivity index (χ4v) is 2.73. The number of aromatic nitrogens is 1. The Kier molecular flexibility index (Phi) is 4.57. The third-order valence-electron chi connectivity index (χ3n) is 4.35. The Morgan fingerprint density at radius 1 is 1.43 bits per heavy atom. The van der Waals surface area contributed by atoms with Crippen molar-refractivity contribution in [2.45, 2.75) is 32.6 Å². The molecule has 6 nitrogen and oxygen atoms in total. The second-order valence-electron chi connectivity index (χ2n) is 5.89. The minimum absolute atomic E-state index is 0.0480. The standard InChI is InChI=1S/C15H21N3O3/c1-10-2-4-15(9-16,5-3-10)14(21)18-12-6-11(13(19)20)7-17-8-12/h6-8,10H,2-5,9,16H2,1H3,(H,18,21)(H,19,20). The molecule has 0 unspecified atom stereocenters. The molecule has 6 heteroatoms. The van der Waals surface area contributed by atoms with E-state index in [1.54, 1.807) is 0 Å². The zero-order chi connectivity index (χ0) is 15.5. The van der Waals surface area contributed by atoms with E-state index in [-0.39, 0.29) is 11.5 Å². The summed E-state index contributed by atoms with van der Waals surface area (Å²) in [5.41, 5.74) is 5.74. The lowest BCUT2D eigenvalue weighted by Crippen LogP contribution is -2.44. The van der Waals surface area contributed by atoms with Crippen LogP contribution >= 0.6 is 0 Å². The molecule has 1 aromatic heterocycles. The predicted molar refractivity (Wildman–Crippen MR) is 78.9 cm³/mol. The van der Waals surface area contributed by atoms with E-state index in [1.165, 1.54) is 18.5 Å². The van der Waals surface area contributed by atoms with Crippen molar-refractivity contribution in [3.63, 3.8) is 0 Å². The zero-order valence-electron chi connectivity index (χ0n) is 12.1. The smallest absolute Gasteiger partial charge is 0.337 e. The van der Waals surface area contributed by atoms with Crippen LogP contribution in [0.25, 0.3) is 0 Å². The molecule has 0 aliphatic heterocycles. The summed E-state index contributed by atoms with van der Waals surface area (Å²) in [6.07, 6.45) is 6.19. The molecule has 0 saturated heterocycles. The first-order valence-corrected chi connectivity index (χ1v) is 7.17. The van der Waals surface area contributed by atoms with E-state index >= 15 is 0 Å². The minimum Gasteiger partial charge on any atom is -0.478 e. The Bertz CT molecular complexity index is 537. The molecule has 0 atom stereocenters. The van der Waals surface area contributed by atoms with Crippen LogP contribution in [0, 0.1) is 11.3 Å². The van der Waals surface area contributed by atoms with Crippen molar-refractivity contribution in [2.75, 3.05) is 11.9 Å². The molecule has 1 aromatic rings. The summed E-state index contributed by atoms with van der Waals surface area (Å²) in [5.74, 6) is -0.589. The van der Waals surface area contributed by atoms with E-state index in [0.717, 1.165) is 25.7 Å². The number of rotatable bonds is 4. The maximum absolute atomic E-state index is 12.5. The molecule has 21 heavy (non-hydrogen) atoms. The van der Waals surface area contributed by atoms with Gasteiger partial charge in [-0.1, -0.05) is 6.92 Å². The lowest BCUT2D eigenvalue weighted by atomic mass is 9.70. The third kappa shape index (κ3) is 3.39. The maximum atomic E-state index is 12.5. The van der Waals surface area contributed by atoms with E-state index in [2.05, 4.69) is 17.2 Å². The molecule has 0 aromatic carbocycles. The molecule has 1 aliphatic rings. The van der Waals surface area contributed by atoms with Gasteiger partial charge in [-0.25, -0.2) is 4.79 Å². The van der Waals surface area contributed by atoms with Crippen molar-refractivity contribution in [3.8, 4) is 0 Å². The lowest BCUT2D eigenvalue weighted by molar-refractivity contribution is -0.127. The maximum Gasteiger partial charge on any atom is 0.337 e. The zero-order valence-corrected chi connectivity index (χ0v) is 12.1. The summed E-state index contributed by atoms with van der Waals surface area (Å²) in [6.45, 7) is 2.48. The minimum atomic E-state index is -1.07. The Morgan fingerprint density at radius 3 is 2.67 bits per heavy atom. The number of carbonyl (C=O) groups excluding carboxylic acids is 1. The Balaban J connectivity index is 2.13. The first-order valence-electron chi connectivity index (χ1n) is 7.17. The molecular formula is C15H21N3O3. The first kappa shape index (κ1) is 15.4. The van der Waals surface area contributed by atoms with E-state index in [4.69, 9.17) is 10.8 Å². The Hall–Kier alpha value is -1.95. The van der Waals surface area contributed by atoms with Gasteiger partial charge in [0, 0.05) is 12.7 Å². The highest BCUT2D eigenvalue weighted by molar-refractivity contribution is 5.96. The normalized spacial score (nSPS) is 25.3. The SMILES string of the molecule is CC1CCC(CN)(C(=O)Nc2cncc(C(=O)O)c2)CC1. The van der Waals surface area contributed by atoms with Gasteiger partial charge in [0.15, 0.2) is 0 Å². The number of carbonyl (C=O) groups is 2. The molecule has 0 radical (unpaired) electrons. The van der Waals surface area contributed by atoms with Crippen molar-refractivity contribution in [2.24, 2.45) is 17.1 Å². The summed E-state index contributed by atoms with van der Waals surface area (Å²) in [4.78, 5) is 27.3. The quantitative estimate of drug-likeness (QED) is 0.785. The highest BCUT2D eigenvalue weighted by atomic mass is 16.4. The van der Waals surface area contributed by atoms with E-state index in [0.29, 0.717) is 18.2 Å². The molecule has 2 rings (SSSR count). The van der Waals surface area contributed by atoms with Crippen LogP contribution in [0.5, 0.6) is 0 Å². The Morgan fingerprint density at radius 2 is 2.10 bits per heavy atom. The van der Waals surface area contributed by atoms with Gasteiger partial charge in [-0.3, -0.25) is 9.78 Å². The molecule has 1 aliphatic carbocycles. The number of anilines is 1. The van der Waals surface area contributed by atoms with E-state index in [9.17, 15) is 9.59 Å². The predicted octanol–water partition coefficient (Wildman–Crippen LogP) is 1.87. The highest BCUT2D eigenvalue weighted by Crippen LogP contribution is 2.39. The average Bonchev–Trinajstić information content (AvgIpc) is 2.48. The van der Waals surface area contributed by atoms with E-state index in [1.807, 2.05) is 0 Å². The number of nitrogens with two attached hydrogens (primary N) is 1. The van der Waals surface area contributed by atoms with Crippen molar-refractivity contribution in [1.82, 2.24) is 4.98 Å². The molecule has 114 valence electrons. The van der Waals surface area contributed by atoms with Crippen LogP contribution in [-0.2, 0) is 4.79 Å². The molecule has 4 N–H and O–H groups in total. The number of pyridine rings is 1. The molecular weight excluding hydrogens is 270 g/mol. The largest absolute Gasteiger partial charge is 0.478 e. The number of aromatic carboxylic acids is 1. The summed E-state index contributed by atoms with van der Waals surface area (Å²) >= 11 is 0. The van der Waals surface area contributed by atoms with Crippen LogP contribution in [0.4, 0.5) is 5.69 Å². The van der Waals surface area contributed by atoms with Crippen LogP contribution in [0.1, 0.15) is 43.0 Å². The summed E-state index contributed by atoms with van der Waals surface area (Å²) in [6, 6.07) is 1.41. The van der Waals surface area contributed by atoms with Gasteiger partial charge in [0.2, 0.25) is 5.91 Å². The number of nitrogens with one attached hydrogen (secondary N) is 1. The van der Waals surface area contributed by atoms with Crippen LogP contribution in [0.15, 0.2) is 18.5 Å². The second-order valence-corrected chi connectivity index (χ2v) is 5.89. The first-order chi connectivity index (χ1) is 9.97. The number of nitrogens with zero attached hydrogens (tertiary/aromatic N) is 1. The van der Waals surface area contributed by atoms with Crippen LogP contribution in [0.3, 0.4) is 0 Å². The molecule has 0 bridgehead atoms. The van der Waals surface area contributed by atoms with Crippen LogP contribution in [-0.4, -0.2) is 28.5 Å². The molecule has 1 heterocycles. The fourth-order valence-electron chi connectivity index (χ4n) is 2.73. The van der Waals surface area contributed by atoms with Crippen molar-refractivity contribution >= 4 is 17.6 Å². The van der Waals surface area contributed by atoms with Gasteiger partial charge in [0.1, 0.15) is 0 Å². The van der Waals surface area contributed by atoms with Crippen molar-refractivity contribution < 1.29 is 14.7 Å². The summed E-state index contributed by atoms with van der Waals surface area (Å²) < 4.78 is 0. The van der Waals surface area contributed by atoms with Gasteiger partial charge in [-0.05, 0) is 37.7 Å². The van der Waals surface area contributed by atoms with Crippen LogP contribution < -0.4 is 11.1 Å². The summed E-state index contributed by atoms with van der Waals surface area (Å²) in [5, 5.41) is 11.7. The molecule has 1 fully saturated rings. The number of hydrogen-bond donors (Lipinski definition) is 3. The fraction of sp³-hybridized carbons (Fsp3) is 0.533. The monoisotopic (exact) mass is 291 g/mol. The molecule has 1 saturated carbocycles. The van der Waals surface area contributed by atoms with Crippen LogP contribution in [0.2, 0.25) is 0 Å². The van der Waals surface area contributed by atoms with Crippen molar-refractivity contribution in [1.29, 1.82) is 0 Å². The summed E-state index contributed by atoms with van der Waals surface area (Å²) in [7, 11) is 0. The third-order valence-corrected chi connectivity index (χ3v) is 4.35. The van der Waals surface area contributed by atoms with Gasteiger partial charge in [0.05, 0.1) is 22.9 Å². The number of carboxylic acid groups (broad SMARTS) is 1. The lowest BCUT2D eigenvalue weighted by Gasteiger charge is -2.37. The van der Waals surface area contributed by atoms with Crippen molar-refractivity contribution in [3.05, 3.63) is 24.0 Å². The molecule has 1 amide bonds. The van der Waals surface area contributed by atoms with Gasteiger partial charge < -0.3 is 16.2 Å². The second kappa shape index (κ2) is 6.22. The molecule has 0 spiro atoms. The average molecular weight is 291 g/mol. The topological polar surface area (TPSA) is 105 Å². The van der Waals surface area contributed by atoms with Gasteiger partial charge >= 0.3 is 5.97 Å². The van der Waals surface area contributed by atoms with Gasteiger partial charge in [0.25, 0.3) is 0 Å². The van der Waals surface area contributed by atoms with E-state index < -0.39 is 11.4 Å². The van der Waals surface area contributed by atoms with Gasteiger partial charge in [-0.2, -0.15) is 0 Å². The number of carboxylic acids is 1. The van der Waals surface area contributed by atoms with Gasteiger partial charge in [-0.15, -0.1) is 0 Å². The number of hydrogen-bond acceptors (Lipinski definition) is 4.